The molecule has 0 aliphatic heterocycles. The van der Waals surface area contributed by atoms with Crippen LogP contribution in [0.3, 0.4) is 0 Å². The lowest BCUT2D eigenvalue weighted by molar-refractivity contribution is 0.0812. The monoisotopic (exact) mass is 417 g/mol. The molecule has 158 valence electrons. The first-order chi connectivity index (χ1) is 14.7. The van der Waals surface area contributed by atoms with Crippen molar-refractivity contribution in [2.75, 3.05) is 0 Å². The van der Waals surface area contributed by atoms with Crippen LogP contribution in [0.15, 0.2) is 47.5 Å². The molecule has 1 atom stereocenters. The molecule has 3 aromatic rings. The highest BCUT2D eigenvalue weighted by atomic mass is 16.5. The highest BCUT2D eigenvalue weighted by molar-refractivity contribution is 6.03. The fourth-order valence-electron chi connectivity index (χ4n) is 3.53. The Morgan fingerprint density at radius 2 is 1.94 bits per heavy atom. The minimum atomic E-state index is -0.943. The standard InChI is InChI=1S/C24H23N3O4/c1-14-8-15(2)10-19(9-14)31-17(4)22(28)21-16(3)20(11-25)23(29)27(24(21)30)13-18-6-5-7-26-12-18/h5-10,12,17,30H,13H2,1-4H3. The molecule has 0 amide bonds. The summed E-state index contributed by atoms with van der Waals surface area (Å²) in [6, 6.07) is 10.9. The molecule has 1 unspecified atom stereocenters. The van der Waals surface area contributed by atoms with Gasteiger partial charge in [0.1, 0.15) is 17.4 Å². The number of benzene rings is 1. The number of nitriles is 1. The maximum absolute atomic E-state index is 13.2. The predicted octanol–water partition coefficient (Wildman–Crippen LogP) is 3.44. The minimum Gasteiger partial charge on any atom is -0.494 e. The van der Waals surface area contributed by atoms with Crippen LogP contribution in [0.25, 0.3) is 0 Å². The van der Waals surface area contributed by atoms with E-state index in [-0.39, 0.29) is 23.2 Å². The van der Waals surface area contributed by atoms with Crippen molar-refractivity contribution in [3.8, 4) is 17.7 Å². The number of aryl methyl sites for hydroxylation is 2. The predicted molar refractivity (Wildman–Crippen MR) is 115 cm³/mol. The van der Waals surface area contributed by atoms with Crippen LogP contribution in [-0.4, -0.2) is 26.5 Å². The topological polar surface area (TPSA) is 105 Å². The van der Waals surface area contributed by atoms with E-state index in [1.807, 2.05) is 38.1 Å². The third-order valence-electron chi connectivity index (χ3n) is 4.99. The normalized spacial score (nSPS) is 11.6. The number of pyridine rings is 2. The number of Topliss-reactive ketones (excluding diaryl/α,β-unsaturated/α-hetero) is 1. The van der Waals surface area contributed by atoms with E-state index in [9.17, 15) is 20.0 Å². The Hall–Kier alpha value is -3.92. The number of ether oxygens (including phenoxy) is 1. The van der Waals surface area contributed by atoms with Gasteiger partial charge >= 0.3 is 0 Å². The second kappa shape index (κ2) is 8.84. The summed E-state index contributed by atoms with van der Waals surface area (Å²) in [7, 11) is 0. The molecule has 0 aliphatic carbocycles. The largest absolute Gasteiger partial charge is 0.494 e. The minimum absolute atomic E-state index is 0.0277. The molecule has 2 heterocycles. The number of carbonyl (C=O) groups is 1. The van der Waals surface area contributed by atoms with E-state index in [0.717, 1.165) is 15.7 Å². The van der Waals surface area contributed by atoms with Crippen LogP contribution in [0, 0.1) is 32.1 Å². The van der Waals surface area contributed by atoms with Gasteiger partial charge < -0.3 is 9.84 Å². The summed E-state index contributed by atoms with van der Waals surface area (Å²) in [5.74, 6) is -0.489. The molecule has 0 spiro atoms. The Labute approximate surface area is 180 Å². The van der Waals surface area contributed by atoms with E-state index in [0.29, 0.717) is 11.3 Å². The summed E-state index contributed by atoms with van der Waals surface area (Å²) in [5.41, 5.74) is 1.80. The maximum Gasteiger partial charge on any atom is 0.271 e. The highest BCUT2D eigenvalue weighted by Gasteiger charge is 2.28. The number of ketones is 1. The van der Waals surface area contributed by atoms with Gasteiger partial charge in [-0.2, -0.15) is 5.26 Å². The van der Waals surface area contributed by atoms with E-state index in [4.69, 9.17) is 4.74 Å². The van der Waals surface area contributed by atoms with E-state index >= 15 is 0 Å². The molecular formula is C24H23N3O4. The van der Waals surface area contributed by atoms with Crippen molar-refractivity contribution >= 4 is 5.78 Å². The Bertz CT molecular complexity index is 1220. The molecule has 0 radical (unpaired) electrons. The number of hydrogen-bond donors (Lipinski definition) is 1. The number of rotatable bonds is 6. The molecule has 7 heteroatoms. The summed E-state index contributed by atoms with van der Waals surface area (Å²) < 4.78 is 6.84. The van der Waals surface area contributed by atoms with Gasteiger partial charge in [0.15, 0.2) is 6.10 Å². The third kappa shape index (κ3) is 4.48. The average molecular weight is 417 g/mol. The highest BCUT2D eigenvalue weighted by Crippen LogP contribution is 2.26. The SMILES string of the molecule is Cc1cc(C)cc(OC(C)C(=O)c2c(C)c(C#N)c(=O)n(Cc3cccnc3)c2O)c1. The third-order valence-corrected chi connectivity index (χ3v) is 4.99. The molecule has 1 N–H and O–H groups in total. The zero-order valence-electron chi connectivity index (χ0n) is 17.8. The molecule has 0 aliphatic rings. The average Bonchev–Trinajstić information content (AvgIpc) is 2.71. The number of carbonyl (C=O) groups excluding carboxylic acids is 1. The van der Waals surface area contributed by atoms with Crippen molar-refractivity contribution < 1.29 is 14.6 Å². The first-order valence-corrected chi connectivity index (χ1v) is 9.77. The first kappa shape index (κ1) is 21.8. The van der Waals surface area contributed by atoms with Crippen LogP contribution in [0.2, 0.25) is 0 Å². The van der Waals surface area contributed by atoms with Gasteiger partial charge in [-0.1, -0.05) is 12.1 Å². The van der Waals surface area contributed by atoms with Crippen molar-refractivity contribution in [2.45, 2.75) is 40.3 Å². The van der Waals surface area contributed by atoms with Crippen LogP contribution in [0.5, 0.6) is 11.6 Å². The van der Waals surface area contributed by atoms with Crippen LogP contribution in [0.1, 0.15) is 45.1 Å². The zero-order valence-corrected chi connectivity index (χ0v) is 17.8. The van der Waals surface area contributed by atoms with Crippen molar-refractivity contribution in [1.29, 1.82) is 5.26 Å². The summed E-state index contributed by atoms with van der Waals surface area (Å²) in [5, 5.41) is 20.4. The van der Waals surface area contributed by atoms with Crippen LogP contribution >= 0.6 is 0 Å². The Balaban J connectivity index is 2.05. The molecule has 0 fully saturated rings. The van der Waals surface area contributed by atoms with Gasteiger partial charge in [-0.3, -0.25) is 19.1 Å². The van der Waals surface area contributed by atoms with Gasteiger partial charge in [0.05, 0.1) is 12.1 Å². The maximum atomic E-state index is 13.2. The van der Waals surface area contributed by atoms with E-state index in [1.165, 1.54) is 6.92 Å². The quantitative estimate of drug-likeness (QED) is 0.616. The van der Waals surface area contributed by atoms with E-state index in [2.05, 4.69) is 4.98 Å². The van der Waals surface area contributed by atoms with Crippen molar-refractivity contribution in [1.82, 2.24) is 9.55 Å². The Morgan fingerprint density at radius 3 is 2.52 bits per heavy atom. The van der Waals surface area contributed by atoms with Gasteiger partial charge in [0, 0.05) is 12.4 Å². The van der Waals surface area contributed by atoms with E-state index in [1.54, 1.807) is 31.5 Å². The fraction of sp³-hybridized carbons (Fsp3) is 0.250. The summed E-state index contributed by atoms with van der Waals surface area (Å²) in [6.07, 6.45) is 2.19. The van der Waals surface area contributed by atoms with Gasteiger partial charge in [-0.15, -0.1) is 0 Å². The summed E-state index contributed by atoms with van der Waals surface area (Å²) in [6.45, 7) is 6.87. The number of hydrogen-bond acceptors (Lipinski definition) is 6. The van der Waals surface area contributed by atoms with Crippen molar-refractivity contribution in [2.24, 2.45) is 0 Å². The molecule has 7 nitrogen and oxygen atoms in total. The second-order valence-electron chi connectivity index (χ2n) is 7.51. The summed E-state index contributed by atoms with van der Waals surface area (Å²) >= 11 is 0. The molecule has 0 saturated heterocycles. The molecule has 31 heavy (non-hydrogen) atoms. The molecule has 2 aromatic heterocycles. The van der Waals surface area contributed by atoms with Crippen molar-refractivity contribution in [3.63, 3.8) is 0 Å². The van der Waals surface area contributed by atoms with Gasteiger partial charge in [-0.05, 0) is 68.1 Å². The van der Waals surface area contributed by atoms with Gasteiger partial charge in [0.25, 0.3) is 5.56 Å². The molecule has 1 aromatic carbocycles. The van der Waals surface area contributed by atoms with Crippen LogP contribution in [0.4, 0.5) is 0 Å². The second-order valence-corrected chi connectivity index (χ2v) is 7.51. The molecular weight excluding hydrogens is 394 g/mol. The lowest BCUT2D eigenvalue weighted by Crippen LogP contribution is -2.31. The molecule has 3 rings (SSSR count). The van der Waals surface area contributed by atoms with Crippen LogP contribution in [-0.2, 0) is 6.54 Å². The summed E-state index contributed by atoms with van der Waals surface area (Å²) in [4.78, 5) is 30.0. The number of nitrogens with zero attached hydrogens (tertiary/aromatic N) is 3. The smallest absolute Gasteiger partial charge is 0.271 e. The van der Waals surface area contributed by atoms with Gasteiger partial charge in [-0.25, -0.2) is 0 Å². The van der Waals surface area contributed by atoms with E-state index < -0.39 is 23.3 Å². The first-order valence-electron chi connectivity index (χ1n) is 9.77. The fourth-order valence-corrected chi connectivity index (χ4v) is 3.53. The number of aromatic hydroxyl groups is 1. The Kier molecular flexibility index (Phi) is 6.21. The number of aromatic nitrogens is 2. The lowest BCUT2D eigenvalue weighted by Gasteiger charge is -2.19. The van der Waals surface area contributed by atoms with Crippen LogP contribution < -0.4 is 10.3 Å². The molecule has 0 saturated carbocycles. The Morgan fingerprint density at radius 1 is 1.26 bits per heavy atom. The van der Waals surface area contributed by atoms with Crippen molar-refractivity contribution in [3.05, 3.63) is 86.5 Å². The lowest BCUT2D eigenvalue weighted by atomic mass is 9.99. The van der Waals surface area contributed by atoms with Gasteiger partial charge in [0.2, 0.25) is 11.7 Å². The zero-order chi connectivity index (χ0) is 22.7. The molecule has 0 bridgehead atoms.